The van der Waals surface area contributed by atoms with Gasteiger partial charge in [-0.15, -0.1) is 0 Å². The van der Waals surface area contributed by atoms with Crippen LogP contribution in [0.15, 0.2) is 41.5 Å². The van der Waals surface area contributed by atoms with Gasteiger partial charge in [0.2, 0.25) is 0 Å². The molecule has 2 amide bonds. The van der Waals surface area contributed by atoms with Gasteiger partial charge < -0.3 is 14.8 Å². The van der Waals surface area contributed by atoms with Crippen molar-refractivity contribution in [3.05, 3.63) is 57.6 Å². The third-order valence-electron chi connectivity index (χ3n) is 5.02. The molecule has 0 spiro atoms. The zero-order chi connectivity index (χ0) is 25.1. The van der Waals surface area contributed by atoms with E-state index in [0.29, 0.717) is 34.3 Å². The van der Waals surface area contributed by atoms with Crippen LogP contribution in [0.5, 0.6) is 11.5 Å². The zero-order valence-electron chi connectivity index (χ0n) is 19.9. The fourth-order valence-electron chi connectivity index (χ4n) is 3.11. The van der Waals surface area contributed by atoms with E-state index < -0.39 is 17.9 Å². The Labute approximate surface area is 210 Å². The molecular weight excluding hydrogens is 477 g/mol. The van der Waals surface area contributed by atoms with E-state index in [2.05, 4.69) is 22.8 Å². The van der Waals surface area contributed by atoms with Crippen LogP contribution in [0.3, 0.4) is 0 Å². The van der Waals surface area contributed by atoms with Crippen molar-refractivity contribution in [1.82, 2.24) is 10.7 Å². The van der Waals surface area contributed by atoms with E-state index in [1.165, 1.54) is 18.3 Å². The first kappa shape index (κ1) is 27.5. The lowest BCUT2D eigenvalue weighted by atomic mass is 10.0. The van der Waals surface area contributed by atoms with Gasteiger partial charge in [0.05, 0.1) is 30.0 Å². The lowest BCUT2D eigenvalue weighted by Gasteiger charge is -2.20. The number of unbranched alkanes of at least 4 members (excludes halogenated alkanes) is 2. The van der Waals surface area contributed by atoms with Crippen molar-refractivity contribution in [2.45, 2.75) is 46.1 Å². The first-order chi connectivity index (χ1) is 16.3. The molecule has 1 atom stereocenters. The molecule has 2 N–H and O–H groups in total. The molecule has 184 valence electrons. The van der Waals surface area contributed by atoms with Gasteiger partial charge in [-0.1, -0.05) is 62.9 Å². The number of hydrazone groups is 1. The Bertz CT molecular complexity index is 1010. The van der Waals surface area contributed by atoms with E-state index in [4.69, 9.17) is 32.7 Å². The van der Waals surface area contributed by atoms with Crippen LogP contribution >= 0.6 is 23.2 Å². The fourth-order valence-corrected chi connectivity index (χ4v) is 3.41. The van der Waals surface area contributed by atoms with Crippen LogP contribution < -0.4 is 20.2 Å². The Hall–Kier alpha value is -2.77. The molecule has 2 rings (SSSR count). The van der Waals surface area contributed by atoms with Gasteiger partial charge in [-0.3, -0.25) is 9.59 Å². The third kappa shape index (κ3) is 7.92. The van der Waals surface area contributed by atoms with E-state index in [0.717, 1.165) is 19.3 Å². The number of benzene rings is 2. The number of amides is 2. The quantitative estimate of drug-likeness (QED) is 0.226. The predicted octanol–water partition coefficient (Wildman–Crippen LogP) is 5.48. The molecule has 0 bridgehead atoms. The highest BCUT2D eigenvalue weighted by Crippen LogP contribution is 2.30. The molecular formula is C25H31Cl2N3O4. The monoisotopic (exact) mass is 507 g/mol. The first-order valence-corrected chi connectivity index (χ1v) is 11.9. The number of rotatable bonds is 12. The van der Waals surface area contributed by atoms with E-state index in [9.17, 15) is 9.59 Å². The average molecular weight is 508 g/mol. The third-order valence-corrected chi connectivity index (χ3v) is 5.76. The minimum Gasteiger partial charge on any atom is -0.493 e. The first-order valence-electron chi connectivity index (χ1n) is 11.2. The summed E-state index contributed by atoms with van der Waals surface area (Å²) in [4.78, 5) is 25.4. The second kappa shape index (κ2) is 13.8. The summed E-state index contributed by atoms with van der Waals surface area (Å²) < 4.78 is 11.3. The minimum absolute atomic E-state index is 0.184. The summed E-state index contributed by atoms with van der Waals surface area (Å²) in [7, 11) is 1.57. The Balaban J connectivity index is 2.09. The van der Waals surface area contributed by atoms with Crippen LogP contribution in [0.25, 0.3) is 0 Å². The second-order valence-corrected chi connectivity index (χ2v) is 8.81. The van der Waals surface area contributed by atoms with Crippen molar-refractivity contribution in [3.63, 3.8) is 0 Å². The molecule has 2 aromatic rings. The van der Waals surface area contributed by atoms with Crippen molar-refractivity contribution < 1.29 is 19.1 Å². The maximum Gasteiger partial charge on any atom is 0.262 e. The molecule has 9 heteroatoms. The molecule has 34 heavy (non-hydrogen) atoms. The van der Waals surface area contributed by atoms with Crippen LogP contribution in [0.2, 0.25) is 10.0 Å². The highest BCUT2D eigenvalue weighted by Gasteiger charge is 2.25. The summed E-state index contributed by atoms with van der Waals surface area (Å²) in [6.45, 7) is 6.33. The maximum absolute atomic E-state index is 12.8. The smallest absolute Gasteiger partial charge is 0.262 e. The predicted molar refractivity (Wildman–Crippen MR) is 136 cm³/mol. The molecule has 0 aliphatic heterocycles. The molecule has 0 heterocycles. The average Bonchev–Trinajstić information content (AvgIpc) is 2.81. The van der Waals surface area contributed by atoms with Gasteiger partial charge in [0.15, 0.2) is 11.5 Å². The summed E-state index contributed by atoms with van der Waals surface area (Å²) >= 11 is 11.9. The Morgan fingerprint density at radius 3 is 2.53 bits per heavy atom. The number of nitrogens with zero attached hydrogens (tertiary/aromatic N) is 1. The number of carbonyl (C=O) groups excluding carboxylic acids is 2. The van der Waals surface area contributed by atoms with Gasteiger partial charge in [-0.2, -0.15) is 5.10 Å². The van der Waals surface area contributed by atoms with Crippen molar-refractivity contribution >= 4 is 41.2 Å². The van der Waals surface area contributed by atoms with Crippen molar-refractivity contribution in [3.8, 4) is 11.5 Å². The van der Waals surface area contributed by atoms with Crippen molar-refractivity contribution in [2.24, 2.45) is 11.0 Å². The Morgan fingerprint density at radius 1 is 1.12 bits per heavy atom. The highest BCUT2D eigenvalue weighted by atomic mass is 35.5. The summed E-state index contributed by atoms with van der Waals surface area (Å²) in [6.07, 6.45) is 4.58. The fraction of sp³-hybridized carbons (Fsp3) is 0.400. The van der Waals surface area contributed by atoms with E-state index in [1.54, 1.807) is 19.2 Å². The van der Waals surface area contributed by atoms with Crippen LogP contribution in [0, 0.1) is 5.92 Å². The Morgan fingerprint density at radius 2 is 1.88 bits per heavy atom. The number of para-hydroxylation sites is 1. The minimum atomic E-state index is -0.811. The van der Waals surface area contributed by atoms with Gasteiger partial charge in [0.1, 0.15) is 6.04 Å². The maximum atomic E-state index is 12.8. The van der Waals surface area contributed by atoms with Gasteiger partial charge in [-0.05, 0) is 42.7 Å². The standard InChI is InChI=1S/C25H31Cl2N3O4/c1-5-6-7-13-34-23-18(9-8-10-21(23)33-4)15-28-30-25(32)22(16(2)3)29-24(31)17-11-12-19(26)20(27)14-17/h8-12,14-16,22H,5-7,13H2,1-4H3,(H,29,31)(H,30,32). The molecule has 0 aliphatic rings. The summed E-state index contributed by atoms with van der Waals surface area (Å²) in [6, 6.07) is 9.16. The van der Waals surface area contributed by atoms with E-state index in [1.807, 2.05) is 26.0 Å². The number of hydrogen-bond donors (Lipinski definition) is 2. The number of methoxy groups -OCH3 is 1. The molecule has 0 radical (unpaired) electrons. The molecule has 7 nitrogen and oxygen atoms in total. The van der Waals surface area contributed by atoms with Crippen LogP contribution in [-0.4, -0.2) is 37.8 Å². The molecule has 1 unspecified atom stereocenters. The van der Waals surface area contributed by atoms with Crippen molar-refractivity contribution in [1.29, 1.82) is 0 Å². The number of hydrogen-bond acceptors (Lipinski definition) is 5. The zero-order valence-corrected chi connectivity index (χ0v) is 21.4. The molecule has 0 aliphatic carbocycles. The second-order valence-electron chi connectivity index (χ2n) is 7.99. The number of ether oxygens (including phenoxy) is 2. The molecule has 0 fully saturated rings. The van der Waals surface area contributed by atoms with E-state index in [-0.39, 0.29) is 10.9 Å². The van der Waals surface area contributed by atoms with Gasteiger partial charge in [0.25, 0.3) is 11.8 Å². The topological polar surface area (TPSA) is 89.0 Å². The number of halogens is 2. The Kier molecular flexibility index (Phi) is 11.2. The largest absolute Gasteiger partial charge is 0.493 e. The van der Waals surface area contributed by atoms with Gasteiger partial charge in [0, 0.05) is 11.1 Å². The van der Waals surface area contributed by atoms with Crippen molar-refractivity contribution in [2.75, 3.05) is 13.7 Å². The van der Waals surface area contributed by atoms with Gasteiger partial charge in [-0.25, -0.2) is 5.43 Å². The van der Waals surface area contributed by atoms with E-state index >= 15 is 0 Å². The number of carbonyl (C=O) groups is 2. The highest BCUT2D eigenvalue weighted by molar-refractivity contribution is 6.42. The summed E-state index contributed by atoms with van der Waals surface area (Å²) in [5.74, 6) is 0.0734. The van der Waals surface area contributed by atoms with Crippen LogP contribution in [0.4, 0.5) is 0 Å². The summed E-state index contributed by atoms with van der Waals surface area (Å²) in [5.41, 5.74) is 3.47. The molecule has 0 saturated carbocycles. The van der Waals surface area contributed by atoms with Crippen LogP contribution in [0.1, 0.15) is 56.0 Å². The lowest BCUT2D eigenvalue weighted by molar-refractivity contribution is -0.123. The molecule has 0 saturated heterocycles. The molecule has 2 aromatic carbocycles. The number of nitrogens with one attached hydrogen (secondary N) is 2. The van der Waals surface area contributed by atoms with Crippen LogP contribution in [-0.2, 0) is 4.79 Å². The lowest BCUT2D eigenvalue weighted by Crippen LogP contribution is -2.48. The van der Waals surface area contributed by atoms with Gasteiger partial charge >= 0.3 is 0 Å². The summed E-state index contributed by atoms with van der Waals surface area (Å²) in [5, 5.41) is 7.41. The normalized spacial score (nSPS) is 12.0. The molecule has 0 aromatic heterocycles. The SMILES string of the molecule is CCCCCOc1c(C=NNC(=O)C(NC(=O)c2ccc(Cl)c(Cl)c2)C(C)C)cccc1OC.